The van der Waals surface area contributed by atoms with E-state index in [1.54, 1.807) is 13.8 Å². The lowest BCUT2D eigenvalue weighted by Crippen LogP contribution is -2.62. The van der Waals surface area contributed by atoms with E-state index in [2.05, 4.69) is 5.32 Å². The minimum Gasteiger partial charge on any atom is -0.488 e. The first-order chi connectivity index (χ1) is 9.65. The maximum Gasteiger partial charge on any atom is 0.338 e. The van der Waals surface area contributed by atoms with Gasteiger partial charge in [0.15, 0.2) is 0 Å². The normalized spacial score (nSPS) is 11.9. The van der Waals surface area contributed by atoms with E-state index < -0.39 is 5.54 Å². The van der Waals surface area contributed by atoms with Crippen LogP contribution in [0.2, 0.25) is 0 Å². The number of hydrogen-bond donors (Lipinski definition) is 1. The summed E-state index contributed by atoms with van der Waals surface area (Å²) in [6, 6.07) is 9.49. The largest absolute Gasteiger partial charge is 0.488 e. The molecule has 0 unspecified atom stereocenters. The van der Waals surface area contributed by atoms with Gasteiger partial charge in [0.25, 0.3) is 0 Å². The van der Waals surface area contributed by atoms with Crippen molar-refractivity contribution >= 4 is 11.8 Å². The number of carbonyl (C=O) groups is 2. The lowest BCUT2D eigenvalue weighted by molar-refractivity contribution is -0.815. The molecule has 5 nitrogen and oxygen atoms in total. The van der Waals surface area contributed by atoms with Crippen molar-refractivity contribution < 1.29 is 18.8 Å². The highest BCUT2D eigenvalue weighted by Crippen LogP contribution is 2.14. The van der Waals surface area contributed by atoms with E-state index in [1.165, 1.54) is 6.92 Å². The standard InChI is InChI=1S/C16H24N2O3/c1-13(19)17-16(2,3)15(20)18(4,5)11-12-21-14-9-7-6-8-10-14/h6-10H,11-12H2,1-5H3/p+1. The van der Waals surface area contributed by atoms with Crippen molar-refractivity contribution in [3.05, 3.63) is 30.3 Å². The molecule has 0 aliphatic rings. The minimum absolute atomic E-state index is 0.0608. The van der Waals surface area contributed by atoms with E-state index in [0.717, 1.165) is 5.75 Å². The third-order valence-electron chi connectivity index (χ3n) is 3.24. The van der Waals surface area contributed by atoms with Gasteiger partial charge in [-0.3, -0.25) is 9.28 Å². The second-order valence-corrected chi connectivity index (χ2v) is 6.18. The fourth-order valence-corrected chi connectivity index (χ4v) is 2.26. The third-order valence-corrected chi connectivity index (χ3v) is 3.24. The Morgan fingerprint density at radius 1 is 1.19 bits per heavy atom. The molecule has 1 rings (SSSR count). The molecule has 1 aromatic rings. The molecule has 2 amide bonds. The van der Waals surface area contributed by atoms with Crippen LogP contribution in [0.3, 0.4) is 0 Å². The molecular weight excluding hydrogens is 268 g/mol. The van der Waals surface area contributed by atoms with Crippen LogP contribution in [-0.2, 0) is 9.59 Å². The van der Waals surface area contributed by atoms with Gasteiger partial charge in [-0.25, -0.2) is 4.79 Å². The Balaban J connectivity index is 2.59. The summed E-state index contributed by atoms with van der Waals surface area (Å²) in [6.07, 6.45) is 0. The first kappa shape index (κ1) is 17.2. The summed E-state index contributed by atoms with van der Waals surface area (Å²) in [5.74, 6) is 0.509. The quantitative estimate of drug-likeness (QED) is 0.810. The molecule has 1 N–H and O–H groups in total. The van der Waals surface area contributed by atoms with Crippen LogP contribution in [-0.4, -0.2) is 49.1 Å². The van der Waals surface area contributed by atoms with E-state index in [4.69, 9.17) is 4.74 Å². The number of quaternary nitrogens is 1. The first-order valence-electron chi connectivity index (χ1n) is 7.00. The lowest BCUT2D eigenvalue weighted by atomic mass is 10.0. The SMILES string of the molecule is CC(=O)NC(C)(C)C(=O)[N+](C)(C)CCOc1ccccc1. The van der Waals surface area contributed by atoms with Crippen molar-refractivity contribution in [2.45, 2.75) is 26.3 Å². The van der Waals surface area contributed by atoms with Crippen molar-refractivity contribution in [3.8, 4) is 5.75 Å². The highest BCUT2D eigenvalue weighted by atomic mass is 16.5. The number of carbonyl (C=O) groups excluding carboxylic acids is 2. The number of hydrogen-bond acceptors (Lipinski definition) is 3. The number of benzene rings is 1. The lowest BCUT2D eigenvalue weighted by Gasteiger charge is -2.34. The Morgan fingerprint density at radius 2 is 1.76 bits per heavy atom. The molecule has 0 aliphatic heterocycles. The van der Waals surface area contributed by atoms with Gasteiger partial charge in [0.2, 0.25) is 5.91 Å². The molecule has 0 radical (unpaired) electrons. The zero-order valence-corrected chi connectivity index (χ0v) is 13.5. The maximum absolute atomic E-state index is 12.6. The van der Waals surface area contributed by atoms with Gasteiger partial charge in [-0.05, 0) is 26.0 Å². The van der Waals surface area contributed by atoms with Crippen molar-refractivity contribution in [1.29, 1.82) is 0 Å². The van der Waals surface area contributed by atoms with Crippen molar-refractivity contribution in [2.24, 2.45) is 0 Å². The second-order valence-electron chi connectivity index (χ2n) is 6.18. The minimum atomic E-state index is -0.901. The molecule has 0 saturated carbocycles. The number of rotatable bonds is 6. The summed E-state index contributed by atoms with van der Waals surface area (Å²) in [5, 5.41) is 2.69. The average molecular weight is 293 g/mol. The van der Waals surface area contributed by atoms with Crippen LogP contribution in [0.4, 0.5) is 0 Å². The highest BCUT2D eigenvalue weighted by Gasteiger charge is 2.41. The fraction of sp³-hybridized carbons (Fsp3) is 0.500. The zero-order chi connectivity index (χ0) is 16.1. The van der Waals surface area contributed by atoms with Crippen molar-refractivity contribution in [1.82, 2.24) is 5.32 Å². The molecule has 0 aromatic heterocycles. The molecule has 0 fully saturated rings. The number of likely N-dealkylation sites (N-methyl/N-ethyl adjacent to an activating group) is 1. The van der Waals surface area contributed by atoms with Gasteiger partial charge in [0.1, 0.15) is 24.4 Å². The van der Waals surface area contributed by atoms with Crippen LogP contribution in [0, 0.1) is 0 Å². The van der Waals surface area contributed by atoms with Crippen molar-refractivity contribution in [2.75, 3.05) is 27.2 Å². The van der Waals surface area contributed by atoms with Crippen LogP contribution in [0.5, 0.6) is 5.75 Å². The van der Waals surface area contributed by atoms with Crippen molar-refractivity contribution in [3.63, 3.8) is 0 Å². The van der Waals surface area contributed by atoms with Gasteiger partial charge >= 0.3 is 5.91 Å². The fourth-order valence-electron chi connectivity index (χ4n) is 2.26. The molecule has 0 bridgehead atoms. The van der Waals surface area contributed by atoms with Gasteiger partial charge in [0, 0.05) is 6.92 Å². The summed E-state index contributed by atoms with van der Waals surface area (Å²) in [7, 11) is 3.64. The average Bonchev–Trinajstić information content (AvgIpc) is 2.37. The second kappa shape index (κ2) is 6.72. The molecule has 21 heavy (non-hydrogen) atoms. The zero-order valence-electron chi connectivity index (χ0n) is 13.5. The van der Waals surface area contributed by atoms with Gasteiger partial charge in [-0.2, -0.15) is 0 Å². The molecule has 0 atom stereocenters. The third kappa shape index (κ3) is 5.19. The number of ether oxygens (including phenoxy) is 1. The monoisotopic (exact) mass is 293 g/mol. The molecule has 0 heterocycles. The summed E-state index contributed by atoms with van der Waals surface area (Å²) in [5.41, 5.74) is -0.901. The Labute approximate surface area is 126 Å². The number of nitrogens with one attached hydrogen (secondary N) is 1. The molecule has 1 aromatic carbocycles. The summed E-state index contributed by atoms with van der Waals surface area (Å²) >= 11 is 0. The first-order valence-corrected chi connectivity index (χ1v) is 7.00. The van der Waals surface area contributed by atoms with E-state index in [1.807, 2.05) is 44.4 Å². The van der Waals surface area contributed by atoms with Gasteiger partial charge < -0.3 is 10.1 Å². The molecule has 0 saturated heterocycles. The van der Waals surface area contributed by atoms with Crippen LogP contribution < -0.4 is 10.1 Å². The van der Waals surface area contributed by atoms with Gasteiger partial charge in [-0.1, -0.05) is 18.2 Å². The molecule has 5 heteroatoms. The van der Waals surface area contributed by atoms with Crippen LogP contribution in [0.1, 0.15) is 20.8 Å². The number of para-hydroxylation sites is 1. The predicted molar refractivity (Wildman–Crippen MR) is 81.8 cm³/mol. The molecule has 0 spiro atoms. The Morgan fingerprint density at radius 3 is 2.29 bits per heavy atom. The highest BCUT2D eigenvalue weighted by molar-refractivity contribution is 5.85. The Hall–Kier alpha value is -1.88. The Bertz CT molecular complexity index is 496. The molecular formula is C16H25N2O3+. The Kier molecular flexibility index (Phi) is 5.49. The van der Waals surface area contributed by atoms with Gasteiger partial charge in [0.05, 0.1) is 14.1 Å². The topological polar surface area (TPSA) is 55.4 Å². The summed E-state index contributed by atoms with van der Waals surface area (Å²) in [6.45, 7) is 5.80. The van der Waals surface area contributed by atoms with E-state index in [-0.39, 0.29) is 16.3 Å². The smallest absolute Gasteiger partial charge is 0.338 e. The van der Waals surface area contributed by atoms with E-state index in [0.29, 0.717) is 13.2 Å². The van der Waals surface area contributed by atoms with E-state index >= 15 is 0 Å². The van der Waals surface area contributed by atoms with Crippen LogP contribution in [0.15, 0.2) is 30.3 Å². The summed E-state index contributed by atoms with van der Waals surface area (Å²) in [4.78, 5) is 23.8. The van der Waals surface area contributed by atoms with Crippen LogP contribution >= 0.6 is 0 Å². The summed E-state index contributed by atoms with van der Waals surface area (Å²) < 4.78 is 5.77. The maximum atomic E-state index is 12.6. The number of amides is 2. The molecule has 0 aliphatic carbocycles. The molecule has 116 valence electrons. The van der Waals surface area contributed by atoms with E-state index in [9.17, 15) is 9.59 Å². The number of nitrogens with zero attached hydrogens (tertiary/aromatic N) is 1. The predicted octanol–water partition coefficient (Wildman–Crippen LogP) is 1.58. The van der Waals surface area contributed by atoms with Crippen LogP contribution in [0.25, 0.3) is 0 Å². The van der Waals surface area contributed by atoms with Gasteiger partial charge in [-0.15, -0.1) is 0 Å².